The molecule has 10 nitrogen and oxygen atoms in total. The highest BCUT2D eigenvalue weighted by molar-refractivity contribution is 9.10. The Hall–Kier alpha value is -2.24. The van der Waals surface area contributed by atoms with Crippen molar-refractivity contribution in [2.45, 2.75) is 32.2 Å². The minimum absolute atomic E-state index is 0.139. The Balaban J connectivity index is 1.27. The van der Waals surface area contributed by atoms with Gasteiger partial charge in [-0.25, -0.2) is 4.98 Å². The smallest absolute Gasteiger partial charge is 0.229 e. The van der Waals surface area contributed by atoms with Crippen LogP contribution >= 0.6 is 15.9 Å². The Morgan fingerprint density at radius 1 is 1.18 bits per heavy atom. The molecule has 3 N–H and O–H groups in total. The highest BCUT2D eigenvalue weighted by atomic mass is 79.9. The van der Waals surface area contributed by atoms with E-state index >= 15 is 0 Å². The van der Waals surface area contributed by atoms with E-state index in [-0.39, 0.29) is 11.8 Å². The molecule has 2 aromatic rings. The van der Waals surface area contributed by atoms with E-state index in [1.54, 1.807) is 6.20 Å². The number of aromatic nitrogens is 4. The standard InChI is InChI=1S/C22H34BrN9O/c1-15-19(14-32(29-15)17-5-9-30(2)10-6-17)27-22-26-11-18(23)20(28-22)24-7-4-8-25-21(33)16-12-31(3)13-16/h11,14,16-17H,4-10,12-13H2,1-3H3,(H,25,33)(H2,24,26,27,28). The van der Waals surface area contributed by atoms with Crippen molar-refractivity contribution in [2.75, 3.05) is 64.0 Å². The van der Waals surface area contributed by atoms with Crippen LogP contribution in [0.2, 0.25) is 0 Å². The first kappa shape index (κ1) is 23.9. The summed E-state index contributed by atoms with van der Waals surface area (Å²) in [4.78, 5) is 25.5. The number of likely N-dealkylation sites (tertiary alicyclic amines) is 2. The molecule has 0 aliphatic carbocycles. The number of nitrogens with one attached hydrogen (secondary N) is 3. The van der Waals surface area contributed by atoms with Gasteiger partial charge < -0.3 is 25.8 Å². The van der Waals surface area contributed by atoms with Gasteiger partial charge >= 0.3 is 0 Å². The van der Waals surface area contributed by atoms with Crippen LogP contribution < -0.4 is 16.0 Å². The van der Waals surface area contributed by atoms with Crippen LogP contribution in [0.3, 0.4) is 0 Å². The minimum atomic E-state index is 0.139. The van der Waals surface area contributed by atoms with E-state index in [2.05, 4.69) is 69.6 Å². The molecule has 180 valence electrons. The number of carbonyl (C=O) groups is 1. The molecule has 2 aromatic heterocycles. The van der Waals surface area contributed by atoms with Crippen LogP contribution in [-0.2, 0) is 4.79 Å². The van der Waals surface area contributed by atoms with Crippen molar-refractivity contribution < 1.29 is 4.79 Å². The van der Waals surface area contributed by atoms with Crippen molar-refractivity contribution in [1.29, 1.82) is 0 Å². The van der Waals surface area contributed by atoms with Crippen LogP contribution in [0.1, 0.15) is 31.0 Å². The lowest BCUT2D eigenvalue weighted by Crippen LogP contribution is -2.51. The van der Waals surface area contributed by atoms with Gasteiger partial charge in [0.05, 0.1) is 27.8 Å². The second-order valence-corrected chi connectivity index (χ2v) is 10.0. The number of anilines is 3. The second kappa shape index (κ2) is 10.8. The van der Waals surface area contributed by atoms with Crippen LogP contribution in [0.15, 0.2) is 16.9 Å². The predicted molar refractivity (Wildman–Crippen MR) is 133 cm³/mol. The fourth-order valence-corrected chi connectivity index (χ4v) is 4.57. The predicted octanol–water partition coefficient (Wildman–Crippen LogP) is 2.23. The van der Waals surface area contributed by atoms with E-state index < -0.39 is 0 Å². The average Bonchev–Trinajstić information content (AvgIpc) is 3.13. The van der Waals surface area contributed by atoms with Crippen LogP contribution in [0.4, 0.5) is 17.5 Å². The first-order valence-corrected chi connectivity index (χ1v) is 12.4. The summed E-state index contributed by atoms with van der Waals surface area (Å²) in [7, 11) is 4.19. The number of rotatable bonds is 9. The summed E-state index contributed by atoms with van der Waals surface area (Å²) in [6.07, 6.45) is 6.84. The first-order chi connectivity index (χ1) is 15.9. The molecule has 0 radical (unpaired) electrons. The SMILES string of the molecule is Cc1nn(C2CCN(C)CC2)cc1Nc1ncc(Br)c(NCCCNC(=O)C2CN(C)C2)n1. The molecule has 0 unspecified atom stereocenters. The fraction of sp³-hybridized carbons (Fsp3) is 0.636. The summed E-state index contributed by atoms with van der Waals surface area (Å²) in [6, 6.07) is 0.434. The van der Waals surface area contributed by atoms with Gasteiger partial charge in [-0.2, -0.15) is 10.1 Å². The van der Waals surface area contributed by atoms with Gasteiger partial charge in [-0.15, -0.1) is 0 Å². The zero-order valence-corrected chi connectivity index (χ0v) is 21.2. The number of hydrogen-bond acceptors (Lipinski definition) is 8. The highest BCUT2D eigenvalue weighted by Gasteiger charge is 2.29. The largest absolute Gasteiger partial charge is 0.369 e. The van der Waals surface area contributed by atoms with Crippen molar-refractivity contribution >= 4 is 39.3 Å². The molecule has 0 aromatic carbocycles. The van der Waals surface area contributed by atoms with E-state index in [1.165, 1.54) is 0 Å². The molecule has 2 aliphatic rings. The molecule has 0 saturated carbocycles. The van der Waals surface area contributed by atoms with Gasteiger partial charge in [-0.3, -0.25) is 9.48 Å². The monoisotopic (exact) mass is 519 g/mol. The zero-order valence-electron chi connectivity index (χ0n) is 19.6. The maximum atomic E-state index is 12.0. The number of carbonyl (C=O) groups excluding carboxylic acids is 1. The summed E-state index contributed by atoms with van der Waals surface area (Å²) < 4.78 is 2.88. The zero-order chi connectivity index (χ0) is 23.4. The van der Waals surface area contributed by atoms with Crippen LogP contribution in [0.5, 0.6) is 0 Å². The highest BCUT2D eigenvalue weighted by Crippen LogP contribution is 2.26. The van der Waals surface area contributed by atoms with Crippen molar-refractivity contribution in [2.24, 2.45) is 5.92 Å². The summed E-state index contributed by atoms with van der Waals surface area (Å²) in [5.41, 5.74) is 1.86. The van der Waals surface area contributed by atoms with E-state index in [9.17, 15) is 4.79 Å². The molecule has 0 atom stereocenters. The lowest BCUT2D eigenvalue weighted by atomic mass is 10.0. The Morgan fingerprint density at radius 2 is 1.94 bits per heavy atom. The number of aryl methyl sites for hydroxylation is 1. The number of amides is 1. The van der Waals surface area contributed by atoms with Gasteiger partial charge in [0.1, 0.15) is 5.82 Å². The third-order valence-electron chi connectivity index (χ3n) is 6.35. The number of nitrogens with zero attached hydrogens (tertiary/aromatic N) is 6. The normalized spacial score (nSPS) is 18.2. The Morgan fingerprint density at radius 3 is 2.67 bits per heavy atom. The molecule has 1 amide bonds. The lowest BCUT2D eigenvalue weighted by molar-refractivity contribution is -0.129. The van der Waals surface area contributed by atoms with E-state index in [1.807, 2.05) is 14.0 Å². The number of hydrogen-bond donors (Lipinski definition) is 3. The Labute approximate surface area is 203 Å². The molecule has 2 fully saturated rings. The van der Waals surface area contributed by atoms with Gasteiger partial charge in [0.15, 0.2) is 0 Å². The van der Waals surface area contributed by atoms with Crippen LogP contribution in [0, 0.1) is 12.8 Å². The topological polar surface area (TPSA) is 103 Å². The van der Waals surface area contributed by atoms with Crippen molar-refractivity contribution in [3.63, 3.8) is 0 Å². The summed E-state index contributed by atoms with van der Waals surface area (Å²) in [5, 5.41) is 14.4. The van der Waals surface area contributed by atoms with Crippen molar-refractivity contribution in [1.82, 2.24) is 34.9 Å². The molecular weight excluding hydrogens is 486 g/mol. The van der Waals surface area contributed by atoms with Gasteiger partial charge in [0.2, 0.25) is 11.9 Å². The Kier molecular flexibility index (Phi) is 7.82. The third kappa shape index (κ3) is 6.21. The number of halogens is 1. The number of piperidine rings is 1. The summed E-state index contributed by atoms with van der Waals surface area (Å²) in [6.45, 7) is 7.25. The summed E-state index contributed by atoms with van der Waals surface area (Å²) in [5.74, 6) is 1.53. The van der Waals surface area contributed by atoms with E-state index in [0.717, 1.165) is 67.1 Å². The average molecular weight is 520 g/mol. The van der Waals surface area contributed by atoms with E-state index in [0.29, 0.717) is 25.1 Å². The van der Waals surface area contributed by atoms with Crippen LogP contribution in [0.25, 0.3) is 0 Å². The molecule has 11 heteroatoms. The minimum Gasteiger partial charge on any atom is -0.369 e. The maximum Gasteiger partial charge on any atom is 0.229 e. The van der Waals surface area contributed by atoms with Gasteiger partial charge in [-0.1, -0.05) is 0 Å². The quantitative estimate of drug-likeness (QED) is 0.433. The maximum absolute atomic E-state index is 12.0. The Bertz CT molecular complexity index is 951. The van der Waals surface area contributed by atoms with Crippen LogP contribution in [-0.4, -0.2) is 88.8 Å². The fourth-order valence-electron chi connectivity index (χ4n) is 4.24. The second-order valence-electron chi connectivity index (χ2n) is 9.15. The van der Waals surface area contributed by atoms with Crippen molar-refractivity contribution in [3.8, 4) is 0 Å². The molecule has 4 heterocycles. The molecule has 33 heavy (non-hydrogen) atoms. The molecule has 4 rings (SSSR count). The molecule has 2 saturated heterocycles. The molecule has 0 spiro atoms. The molecule has 0 bridgehead atoms. The van der Waals surface area contributed by atoms with Gasteiger partial charge in [0, 0.05) is 38.6 Å². The third-order valence-corrected chi connectivity index (χ3v) is 6.93. The van der Waals surface area contributed by atoms with E-state index in [4.69, 9.17) is 5.10 Å². The van der Waals surface area contributed by atoms with Gasteiger partial charge in [-0.05, 0) is 69.3 Å². The molecular formula is C22H34BrN9O. The molecule has 2 aliphatic heterocycles. The van der Waals surface area contributed by atoms with Crippen molar-refractivity contribution in [3.05, 3.63) is 22.6 Å². The lowest BCUT2D eigenvalue weighted by Gasteiger charge is -2.34. The van der Waals surface area contributed by atoms with Gasteiger partial charge in [0.25, 0.3) is 0 Å². The summed E-state index contributed by atoms with van der Waals surface area (Å²) >= 11 is 3.52. The first-order valence-electron chi connectivity index (χ1n) is 11.6.